The number of carbonyl (C=O) groups excluding carboxylic acids is 1. The first-order valence-electron chi connectivity index (χ1n) is 5.54. The first-order valence-corrected chi connectivity index (χ1v) is 5.54. The first-order chi connectivity index (χ1) is 6.66. The summed E-state index contributed by atoms with van der Waals surface area (Å²) in [5.41, 5.74) is 0. The number of unbranched alkanes of at least 4 members (excludes halogenated alkanes) is 2. The summed E-state index contributed by atoms with van der Waals surface area (Å²) in [5.74, 6) is 0.748. The molecule has 3 nitrogen and oxygen atoms in total. The Morgan fingerprint density at radius 2 is 2.00 bits per heavy atom. The van der Waals surface area contributed by atoms with Gasteiger partial charge in [-0.05, 0) is 31.6 Å². The smallest absolute Gasteiger partial charge is 0.220 e. The van der Waals surface area contributed by atoms with Gasteiger partial charge in [-0.1, -0.05) is 13.8 Å². The van der Waals surface area contributed by atoms with E-state index in [1.54, 1.807) is 0 Å². The lowest BCUT2D eigenvalue weighted by Crippen LogP contribution is -2.24. The summed E-state index contributed by atoms with van der Waals surface area (Å²) in [7, 11) is 0. The molecule has 0 unspecified atom stereocenters. The highest BCUT2D eigenvalue weighted by Crippen LogP contribution is 2.02. The van der Waals surface area contributed by atoms with Crippen LogP contribution in [0.15, 0.2) is 0 Å². The van der Waals surface area contributed by atoms with Gasteiger partial charge in [0.15, 0.2) is 0 Å². The zero-order chi connectivity index (χ0) is 10.8. The van der Waals surface area contributed by atoms with Crippen molar-refractivity contribution in [2.24, 2.45) is 5.92 Å². The van der Waals surface area contributed by atoms with Crippen LogP contribution in [0.25, 0.3) is 0 Å². The highest BCUT2D eigenvalue weighted by molar-refractivity contribution is 5.75. The lowest BCUT2D eigenvalue weighted by Gasteiger charge is -2.06. The number of amides is 1. The van der Waals surface area contributed by atoms with Crippen molar-refractivity contribution in [2.45, 2.75) is 46.0 Å². The Balaban J connectivity index is 3.18. The Labute approximate surface area is 86.9 Å². The predicted molar refractivity (Wildman–Crippen MR) is 58.0 cm³/mol. The third kappa shape index (κ3) is 9.52. The normalized spacial score (nSPS) is 10.6. The molecule has 0 radical (unpaired) electrons. The van der Waals surface area contributed by atoms with Gasteiger partial charge in [0.1, 0.15) is 0 Å². The molecule has 0 fully saturated rings. The van der Waals surface area contributed by atoms with E-state index in [2.05, 4.69) is 19.2 Å². The van der Waals surface area contributed by atoms with Crippen molar-refractivity contribution in [1.29, 1.82) is 0 Å². The van der Waals surface area contributed by atoms with Crippen LogP contribution in [0.4, 0.5) is 0 Å². The zero-order valence-corrected chi connectivity index (χ0v) is 9.38. The predicted octanol–water partition coefficient (Wildman–Crippen LogP) is 1.70. The molecule has 0 saturated heterocycles. The monoisotopic (exact) mass is 201 g/mol. The maximum absolute atomic E-state index is 11.2. The summed E-state index contributed by atoms with van der Waals surface area (Å²) in [5, 5.41) is 11.4. The van der Waals surface area contributed by atoms with Gasteiger partial charge in [-0.2, -0.15) is 0 Å². The van der Waals surface area contributed by atoms with Crippen LogP contribution in [0.2, 0.25) is 0 Å². The van der Waals surface area contributed by atoms with Crippen LogP contribution in [0.5, 0.6) is 0 Å². The fraction of sp³-hybridized carbons (Fsp3) is 0.909. The molecule has 0 rings (SSSR count). The van der Waals surface area contributed by atoms with E-state index in [9.17, 15) is 4.79 Å². The van der Waals surface area contributed by atoms with Gasteiger partial charge in [-0.15, -0.1) is 0 Å². The van der Waals surface area contributed by atoms with Gasteiger partial charge in [-0.25, -0.2) is 0 Å². The molecule has 0 atom stereocenters. The molecular formula is C11H23NO2. The van der Waals surface area contributed by atoms with Gasteiger partial charge in [0.05, 0.1) is 0 Å². The van der Waals surface area contributed by atoms with E-state index < -0.39 is 0 Å². The SMILES string of the molecule is CC(C)CCC(=O)NCCCCCO. The molecule has 0 aliphatic heterocycles. The van der Waals surface area contributed by atoms with Crippen molar-refractivity contribution >= 4 is 5.91 Å². The van der Waals surface area contributed by atoms with Gasteiger partial charge in [0, 0.05) is 19.6 Å². The molecule has 0 aromatic heterocycles. The van der Waals surface area contributed by atoms with Gasteiger partial charge < -0.3 is 10.4 Å². The van der Waals surface area contributed by atoms with E-state index in [1.165, 1.54) is 0 Å². The fourth-order valence-electron chi connectivity index (χ4n) is 1.15. The maximum Gasteiger partial charge on any atom is 0.220 e. The molecule has 0 aromatic carbocycles. The van der Waals surface area contributed by atoms with Crippen molar-refractivity contribution in [3.8, 4) is 0 Å². The van der Waals surface area contributed by atoms with Crippen LogP contribution in [0, 0.1) is 5.92 Å². The molecule has 0 aliphatic carbocycles. The molecule has 84 valence electrons. The Morgan fingerprint density at radius 3 is 2.57 bits per heavy atom. The molecule has 0 aromatic rings. The van der Waals surface area contributed by atoms with Crippen molar-refractivity contribution in [3.05, 3.63) is 0 Å². The summed E-state index contributed by atoms with van der Waals surface area (Å²) in [4.78, 5) is 11.2. The van der Waals surface area contributed by atoms with E-state index in [-0.39, 0.29) is 12.5 Å². The zero-order valence-electron chi connectivity index (χ0n) is 9.38. The average molecular weight is 201 g/mol. The summed E-state index contributed by atoms with van der Waals surface area (Å²) in [6.07, 6.45) is 4.39. The number of nitrogens with one attached hydrogen (secondary N) is 1. The van der Waals surface area contributed by atoms with Gasteiger partial charge in [0.2, 0.25) is 5.91 Å². The van der Waals surface area contributed by atoms with Crippen LogP contribution < -0.4 is 5.32 Å². The van der Waals surface area contributed by atoms with E-state index in [1.807, 2.05) is 0 Å². The first kappa shape index (κ1) is 13.4. The van der Waals surface area contributed by atoms with Crippen LogP contribution in [-0.4, -0.2) is 24.2 Å². The Hall–Kier alpha value is -0.570. The average Bonchev–Trinajstić information content (AvgIpc) is 2.14. The second kappa shape index (κ2) is 9.00. The summed E-state index contributed by atoms with van der Waals surface area (Å²) in [6.45, 7) is 5.24. The number of rotatable bonds is 8. The van der Waals surface area contributed by atoms with Crippen LogP contribution >= 0.6 is 0 Å². The lowest BCUT2D eigenvalue weighted by atomic mass is 10.1. The highest BCUT2D eigenvalue weighted by atomic mass is 16.2. The topological polar surface area (TPSA) is 49.3 Å². The van der Waals surface area contributed by atoms with E-state index in [0.717, 1.165) is 32.2 Å². The number of carbonyl (C=O) groups is 1. The molecule has 2 N–H and O–H groups in total. The summed E-state index contributed by atoms with van der Waals surface area (Å²) >= 11 is 0. The second-order valence-electron chi connectivity index (χ2n) is 4.07. The van der Waals surface area contributed by atoms with Crippen molar-refractivity contribution in [2.75, 3.05) is 13.2 Å². The Morgan fingerprint density at radius 1 is 1.29 bits per heavy atom. The summed E-state index contributed by atoms with van der Waals surface area (Å²) in [6, 6.07) is 0. The molecule has 0 heterocycles. The largest absolute Gasteiger partial charge is 0.396 e. The van der Waals surface area contributed by atoms with Gasteiger partial charge in [-0.3, -0.25) is 4.79 Å². The quantitative estimate of drug-likeness (QED) is 0.587. The van der Waals surface area contributed by atoms with Crippen LogP contribution in [0.3, 0.4) is 0 Å². The number of hydrogen-bond acceptors (Lipinski definition) is 2. The summed E-state index contributed by atoms with van der Waals surface area (Å²) < 4.78 is 0. The van der Waals surface area contributed by atoms with Crippen LogP contribution in [0.1, 0.15) is 46.0 Å². The van der Waals surface area contributed by atoms with Gasteiger partial charge >= 0.3 is 0 Å². The van der Waals surface area contributed by atoms with Gasteiger partial charge in [0.25, 0.3) is 0 Å². The maximum atomic E-state index is 11.2. The Bertz CT molecular complexity index is 146. The number of aliphatic hydroxyl groups excluding tert-OH is 1. The molecule has 0 bridgehead atoms. The minimum atomic E-state index is 0.155. The van der Waals surface area contributed by atoms with Crippen LogP contribution in [-0.2, 0) is 4.79 Å². The molecule has 1 amide bonds. The van der Waals surface area contributed by atoms with Crippen molar-refractivity contribution in [1.82, 2.24) is 5.32 Å². The minimum Gasteiger partial charge on any atom is -0.396 e. The third-order valence-corrected chi connectivity index (χ3v) is 2.11. The molecule has 0 aliphatic rings. The second-order valence-corrected chi connectivity index (χ2v) is 4.07. The number of aliphatic hydroxyl groups is 1. The highest BCUT2D eigenvalue weighted by Gasteiger charge is 2.01. The van der Waals surface area contributed by atoms with E-state index in [4.69, 9.17) is 5.11 Å². The molecule has 14 heavy (non-hydrogen) atoms. The Kier molecular flexibility index (Phi) is 8.64. The third-order valence-electron chi connectivity index (χ3n) is 2.11. The van der Waals surface area contributed by atoms with E-state index in [0.29, 0.717) is 12.3 Å². The van der Waals surface area contributed by atoms with Crippen molar-refractivity contribution in [3.63, 3.8) is 0 Å². The standard InChI is InChI=1S/C11H23NO2/c1-10(2)6-7-11(14)12-8-4-3-5-9-13/h10,13H,3-9H2,1-2H3,(H,12,14). The molecular weight excluding hydrogens is 178 g/mol. The molecule has 3 heteroatoms. The fourth-order valence-corrected chi connectivity index (χ4v) is 1.15. The van der Waals surface area contributed by atoms with Crippen molar-refractivity contribution < 1.29 is 9.90 Å². The number of hydrogen-bond donors (Lipinski definition) is 2. The molecule has 0 spiro atoms. The van der Waals surface area contributed by atoms with E-state index >= 15 is 0 Å². The lowest BCUT2D eigenvalue weighted by molar-refractivity contribution is -0.121. The minimum absolute atomic E-state index is 0.155. The molecule has 0 saturated carbocycles.